The van der Waals surface area contributed by atoms with E-state index >= 15 is 0 Å². The number of rotatable bonds is 17. The lowest BCUT2D eigenvalue weighted by atomic mass is 10.00. The van der Waals surface area contributed by atoms with Gasteiger partial charge in [-0.2, -0.15) is 10.5 Å². The summed E-state index contributed by atoms with van der Waals surface area (Å²) in [6.07, 6.45) is 4.59. The standard InChI is InChI=1S/C34H40N2O6/c1-7-39-31-19-25(17-27(21-35)33(37)23(3)4)11-13-29(31)41-15-9-10-16-42-30-14-12-26(20-32(30)40-8-2)18-28(22-36)34(38)24(5)6/h11-14,17-20,23-24H,7-10,15-16H2,1-6H3. The Morgan fingerprint density at radius 1 is 0.667 bits per heavy atom. The van der Waals surface area contributed by atoms with Crippen LogP contribution in [-0.2, 0) is 9.59 Å². The number of allylic oxidation sites excluding steroid dienone is 2. The third kappa shape index (κ3) is 10.1. The number of carbonyl (C=O) groups is 2. The first-order chi connectivity index (χ1) is 20.1. The fourth-order valence-corrected chi connectivity index (χ4v) is 3.84. The zero-order valence-corrected chi connectivity index (χ0v) is 25.4. The van der Waals surface area contributed by atoms with Crippen LogP contribution in [0.15, 0.2) is 47.5 Å². The smallest absolute Gasteiger partial charge is 0.175 e. The minimum Gasteiger partial charge on any atom is -0.490 e. The maximum absolute atomic E-state index is 12.2. The van der Waals surface area contributed by atoms with E-state index in [-0.39, 0.29) is 34.5 Å². The third-order valence-electron chi connectivity index (χ3n) is 6.03. The summed E-state index contributed by atoms with van der Waals surface area (Å²) >= 11 is 0. The van der Waals surface area contributed by atoms with Crippen LogP contribution in [-0.4, -0.2) is 38.0 Å². The minimum absolute atomic E-state index is 0.105. The Labute approximate surface area is 249 Å². The fraction of sp³-hybridized carbons (Fsp3) is 0.412. The Bertz CT molecular complexity index is 1270. The van der Waals surface area contributed by atoms with Crippen molar-refractivity contribution in [3.63, 3.8) is 0 Å². The topological polar surface area (TPSA) is 119 Å². The molecule has 222 valence electrons. The molecule has 2 aromatic carbocycles. The quantitative estimate of drug-likeness (QED) is 0.113. The molecular weight excluding hydrogens is 532 g/mol. The van der Waals surface area contributed by atoms with Crippen LogP contribution in [0.2, 0.25) is 0 Å². The molecule has 8 nitrogen and oxygen atoms in total. The molecule has 42 heavy (non-hydrogen) atoms. The molecule has 0 aromatic heterocycles. The summed E-state index contributed by atoms with van der Waals surface area (Å²) in [5, 5.41) is 18.8. The van der Waals surface area contributed by atoms with Crippen LogP contribution < -0.4 is 18.9 Å². The molecule has 2 rings (SSSR count). The van der Waals surface area contributed by atoms with Crippen LogP contribution in [0, 0.1) is 34.5 Å². The highest BCUT2D eigenvalue weighted by Gasteiger charge is 2.15. The molecule has 0 aliphatic heterocycles. The van der Waals surface area contributed by atoms with Crippen molar-refractivity contribution in [2.24, 2.45) is 11.8 Å². The maximum atomic E-state index is 12.2. The van der Waals surface area contributed by atoms with Crippen molar-refractivity contribution in [2.75, 3.05) is 26.4 Å². The van der Waals surface area contributed by atoms with E-state index < -0.39 is 0 Å². The maximum Gasteiger partial charge on any atom is 0.175 e. The molecule has 0 bridgehead atoms. The van der Waals surface area contributed by atoms with Crippen LogP contribution in [0.1, 0.15) is 65.5 Å². The zero-order valence-electron chi connectivity index (χ0n) is 25.4. The van der Waals surface area contributed by atoms with Gasteiger partial charge in [0.1, 0.15) is 12.1 Å². The van der Waals surface area contributed by atoms with E-state index in [0.29, 0.717) is 60.6 Å². The van der Waals surface area contributed by atoms with Gasteiger partial charge in [0.15, 0.2) is 34.6 Å². The van der Waals surface area contributed by atoms with Gasteiger partial charge in [0.05, 0.1) is 37.6 Å². The van der Waals surface area contributed by atoms with Crippen LogP contribution in [0.4, 0.5) is 0 Å². The number of unbranched alkanes of at least 4 members (excludes halogenated alkanes) is 1. The number of nitriles is 2. The number of hydrogen-bond acceptors (Lipinski definition) is 8. The van der Waals surface area contributed by atoms with E-state index in [0.717, 1.165) is 12.8 Å². The van der Waals surface area contributed by atoms with Crippen molar-refractivity contribution in [3.8, 4) is 35.1 Å². The Morgan fingerprint density at radius 3 is 1.36 bits per heavy atom. The average Bonchev–Trinajstić information content (AvgIpc) is 2.97. The molecule has 0 fully saturated rings. The van der Waals surface area contributed by atoms with Gasteiger partial charge in [-0.15, -0.1) is 0 Å². The summed E-state index contributed by atoms with van der Waals surface area (Å²) < 4.78 is 23.4. The van der Waals surface area contributed by atoms with Gasteiger partial charge in [0.2, 0.25) is 0 Å². The second-order valence-electron chi connectivity index (χ2n) is 10.1. The average molecular weight is 573 g/mol. The van der Waals surface area contributed by atoms with Crippen LogP contribution in [0.3, 0.4) is 0 Å². The van der Waals surface area contributed by atoms with Crippen molar-refractivity contribution >= 4 is 23.7 Å². The summed E-state index contributed by atoms with van der Waals surface area (Å²) in [5.41, 5.74) is 1.58. The van der Waals surface area contributed by atoms with Crippen molar-refractivity contribution in [1.29, 1.82) is 10.5 Å². The molecule has 0 unspecified atom stereocenters. The van der Waals surface area contributed by atoms with Gasteiger partial charge >= 0.3 is 0 Å². The summed E-state index contributed by atoms with van der Waals surface area (Å²) in [6.45, 7) is 12.6. The van der Waals surface area contributed by atoms with E-state index in [4.69, 9.17) is 18.9 Å². The van der Waals surface area contributed by atoms with E-state index in [1.807, 2.05) is 26.0 Å². The Balaban J connectivity index is 1.99. The monoisotopic (exact) mass is 572 g/mol. The first kappa shape index (κ1) is 33.6. The number of ether oxygens (including phenoxy) is 4. The molecule has 2 aromatic rings. The predicted molar refractivity (Wildman–Crippen MR) is 162 cm³/mol. The normalized spacial score (nSPS) is 11.6. The Hall–Kier alpha value is -4.56. The van der Waals surface area contributed by atoms with Crippen molar-refractivity contribution in [1.82, 2.24) is 0 Å². The van der Waals surface area contributed by atoms with Crippen LogP contribution in [0.25, 0.3) is 12.2 Å². The third-order valence-corrected chi connectivity index (χ3v) is 6.03. The highest BCUT2D eigenvalue weighted by atomic mass is 16.5. The summed E-state index contributed by atoms with van der Waals surface area (Å²) in [7, 11) is 0. The van der Waals surface area contributed by atoms with Gasteiger partial charge in [-0.05, 0) is 74.2 Å². The molecule has 0 amide bonds. The van der Waals surface area contributed by atoms with Gasteiger partial charge in [-0.3, -0.25) is 9.59 Å². The van der Waals surface area contributed by atoms with Gasteiger partial charge in [-0.1, -0.05) is 39.8 Å². The molecule has 0 saturated carbocycles. The Kier molecular flexibility index (Phi) is 13.9. The van der Waals surface area contributed by atoms with Crippen LogP contribution >= 0.6 is 0 Å². The summed E-state index contributed by atoms with van der Waals surface area (Å²) in [6, 6.07) is 14.6. The first-order valence-corrected chi connectivity index (χ1v) is 14.3. The number of carbonyl (C=O) groups excluding carboxylic acids is 2. The van der Waals surface area contributed by atoms with Gasteiger partial charge in [-0.25, -0.2) is 0 Å². The van der Waals surface area contributed by atoms with Gasteiger partial charge in [0.25, 0.3) is 0 Å². The molecule has 0 aliphatic rings. The number of ketones is 2. The second-order valence-corrected chi connectivity index (χ2v) is 10.1. The molecular formula is C34H40N2O6. The van der Waals surface area contributed by atoms with Gasteiger partial charge < -0.3 is 18.9 Å². The van der Waals surface area contributed by atoms with E-state index in [1.165, 1.54) is 0 Å². The molecule has 0 radical (unpaired) electrons. The van der Waals surface area contributed by atoms with E-state index in [2.05, 4.69) is 0 Å². The second kappa shape index (κ2) is 17.3. The zero-order chi connectivity index (χ0) is 31.1. The highest BCUT2D eigenvalue weighted by molar-refractivity contribution is 6.04. The van der Waals surface area contributed by atoms with E-state index in [1.54, 1.807) is 76.2 Å². The van der Waals surface area contributed by atoms with Crippen molar-refractivity contribution < 1.29 is 28.5 Å². The first-order valence-electron chi connectivity index (χ1n) is 14.3. The van der Waals surface area contributed by atoms with Crippen LogP contribution in [0.5, 0.6) is 23.0 Å². The molecule has 0 atom stereocenters. The number of benzene rings is 2. The molecule has 0 heterocycles. The van der Waals surface area contributed by atoms with E-state index in [9.17, 15) is 20.1 Å². The number of nitrogens with zero attached hydrogens (tertiary/aromatic N) is 2. The molecule has 0 N–H and O–H groups in total. The summed E-state index contributed by atoms with van der Waals surface area (Å²) in [4.78, 5) is 24.5. The fourth-order valence-electron chi connectivity index (χ4n) is 3.84. The number of Topliss-reactive ketones (excluding diaryl/α,β-unsaturated/α-hetero) is 2. The SMILES string of the molecule is CCOc1cc(C=C(C#N)C(=O)C(C)C)ccc1OCCCCOc1ccc(C=C(C#N)C(=O)C(C)C)cc1OCC. The lowest BCUT2D eigenvalue weighted by Crippen LogP contribution is -2.09. The Morgan fingerprint density at radius 2 is 1.05 bits per heavy atom. The van der Waals surface area contributed by atoms with Crippen molar-refractivity contribution in [3.05, 3.63) is 58.7 Å². The molecule has 8 heteroatoms. The van der Waals surface area contributed by atoms with Gasteiger partial charge in [0, 0.05) is 11.8 Å². The minimum atomic E-state index is -0.264. The lowest BCUT2D eigenvalue weighted by Gasteiger charge is -2.14. The summed E-state index contributed by atoms with van der Waals surface area (Å²) in [5.74, 6) is 1.32. The highest BCUT2D eigenvalue weighted by Crippen LogP contribution is 2.31. The molecule has 0 spiro atoms. The number of hydrogen-bond donors (Lipinski definition) is 0. The molecule has 0 aliphatic carbocycles. The predicted octanol–water partition coefficient (Wildman–Crippen LogP) is 6.99. The van der Waals surface area contributed by atoms with Crippen molar-refractivity contribution in [2.45, 2.75) is 54.4 Å². The largest absolute Gasteiger partial charge is 0.490 e. The lowest BCUT2D eigenvalue weighted by molar-refractivity contribution is -0.118. The molecule has 0 saturated heterocycles.